The van der Waals surface area contributed by atoms with Crippen molar-refractivity contribution in [1.29, 1.82) is 0 Å². The molecule has 0 unspecified atom stereocenters. The summed E-state index contributed by atoms with van der Waals surface area (Å²) >= 11 is 0. The first kappa shape index (κ1) is 25.0. The summed E-state index contributed by atoms with van der Waals surface area (Å²) in [5, 5.41) is 13.3. The highest BCUT2D eigenvalue weighted by Crippen LogP contribution is 2.18. The van der Waals surface area contributed by atoms with Crippen LogP contribution >= 0.6 is 0 Å². The number of hydrogen-bond donors (Lipinski definition) is 2. The zero-order chi connectivity index (χ0) is 25.7. The summed E-state index contributed by atoms with van der Waals surface area (Å²) in [6.07, 6.45) is 6.08. The van der Waals surface area contributed by atoms with Gasteiger partial charge in [-0.3, -0.25) is 14.4 Å². The van der Waals surface area contributed by atoms with E-state index in [4.69, 9.17) is 0 Å². The molecule has 0 spiro atoms. The SMILES string of the molecule is O=C(C=C(O)c1cc(Cc2ccc(F)cc2)cn(Cc2ccccc2F)c1=O)C(=O)NC1CCCC1. The van der Waals surface area contributed by atoms with Crippen molar-refractivity contribution in [1.82, 2.24) is 9.88 Å². The van der Waals surface area contributed by atoms with E-state index in [1.165, 1.54) is 41.1 Å². The van der Waals surface area contributed by atoms with E-state index in [-0.39, 0.29) is 36.0 Å². The first-order valence-electron chi connectivity index (χ1n) is 11.8. The lowest BCUT2D eigenvalue weighted by Gasteiger charge is -2.13. The Hall–Kier alpha value is -4.07. The number of aromatic nitrogens is 1. The Morgan fingerprint density at radius 2 is 1.72 bits per heavy atom. The van der Waals surface area contributed by atoms with Crippen LogP contribution in [0.1, 0.15) is 47.9 Å². The first-order chi connectivity index (χ1) is 17.3. The second-order valence-electron chi connectivity index (χ2n) is 8.94. The molecule has 1 aromatic heterocycles. The molecule has 0 saturated heterocycles. The second kappa shape index (κ2) is 11.1. The molecule has 186 valence electrons. The summed E-state index contributed by atoms with van der Waals surface area (Å²) in [5.41, 5.74) is 0.719. The molecule has 36 heavy (non-hydrogen) atoms. The Balaban J connectivity index is 1.67. The van der Waals surface area contributed by atoms with Crippen molar-refractivity contribution in [3.8, 4) is 0 Å². The van der Waals surface area contributed by atoms with Gasteiger partial charge in [-0.1, -0.05) is 43.2 Å². The van der Waals surface area contributed by atoms with Crippen molar-refractivity contribution in [2.24, 2.45) is 0 Å². The number of amides is 1. The molecule has 0 atom stereocenters. The molecule has 6 nitrogen and oxygen atoms in total. The van der Waals surface area contributed by atoms with Crippen molar-refractivity contribution in [2.75, 3.05) is 0 Å². The van der Waals surface area contributed by atoms with Gasteiger partial charge in [0.15, 0.2) is 0 Å². The summed E-state index contributed by atoms with van der Waals surface area (Å²) in [4.78, 5) is 37.9. The van der Waals surface area contributed by atoms with Crippen molar-refractivity contribution >= 4 is 17.4 Å². The molecular weight excluding hydrogens is 466 g/mol. The molecule has 0 aliphatic heterocycles. The van der Waals surface area contributed by atoms with Crippen LogP contribution in [0.3, 0.4) is 0 Å². The maximum atomic E-state index is 14.3. The maximum absolute atomic E-state index is 14.3. The number of halogens is 2. The van der Waals surface area contributed by atoms with Crippen LogP contribution in [0.25, 0.3) is 5.76 Å². The monoisotopic (exact) mass is 492 g/mol. The Morgan fingerprint density at radius 3 is 2.42 bits per heavy atom. The average molecular weight is 493 g/mol. The summed E-state index contributed by atoms with van der Waals surface area (Å²) in [5.74, 6) is -3.35. The molecular formula is C28H26F2N2O4. The fraction of sp³-hybridized carbons (Fsp3) is 0.250. The predicted octanol–water partition coefficient (Wildman–Crippen LogP) is 4.29. The number of aliphatic hydroxyl groups excluding tert-OH is 1. The number of carbonyl (C=O) groups is 2. The third-order valence-corrected chi connectivity index (χ3v) is 6.22. The van der Waals surface area contributed by atoms with Crippen LogP contribution in [0, 0.1) is 11.6 Å². The standard InChI is InChI=1S/C28H26F2N2O4/c29-21-11-9-18(10-12-21)13-19-14-23(25(33)15-26(34)27(35)31-22-6-2-3-7-22)28(36)32(16-19)17-20-5-1-4-8-24(20)30/h1,4-5,8-12,14-16,22,33H,2-3,6-7,13,17H2,(H,31,35). The predicted molar refractivity (Wildman–Crippen MR) is 131 cm³/mol. The molecule has 1 aliphatic carbocycles. The topological polar surface area (TPSA) is 88.4 Å². The van der Waals surface area contributed by atoms with Crippen LogP contribution in [0.2, 0.25) is 0 Å². The van der Waals surface area contributed by atoms with E-state index >= 15 is 0 Å². The van der Waals surface area contributed by atoms with Crippen LogP contribution in [0.15, 0.2) is 71.7 Å². The van der Waals surface area contributed by atoms with Crippen LogP contribution < -0.4 is 10.9 Å². The molecule has 2 aromatic carbocycles. The highest BCUT2D eigenvalue weighted by Gasteiger charge is 2.22. The molecule has 3 aromatic rings. The van der Waals surface area contributed by atoms with Crippen LogP contribution in [0.4, 0.5) is 8.78 Å². The number of nitrogens with one attached hydrogen (secondary N) is 1. The Bertz CT molecular complexity index is 1360. The highest BCUT2D eigenvalue weighted by atomic mass is 19.1. The van der Waals surface area contributed by atoms with Crippen molar-refractivity contribution in [2.45, 2.75) is 44.7 Å². The zero-order valence-corrected chi connectivity index (χ0v) is 19.5. The van der Waals surface area contributed by atoms with E-state index in [0.717, 1.165) is 37.3 Å². The summed E-state index contributed by atoms with van der Waals surface area (Å²) in [6.45, 7) is -0.112. The smallest absolute Gasteiger partial charge is 0.292 e. The van der Waals surface area contributed by atoms with Gasteiger partial charge in [-0.15, -0.1) is 0 Å². The molecule has 1 aliphatic rings. The number of carbonyl (C=O) groups excluding carboxylic acids is 2. The third kappa shape index (κ3) is 6.13. The fourth-order valence-corrected chi connectivity index (χ4v) is 4.34. The molecule has 1 amide bonds. The molecule has 0 bridgehead atoms. The van der Waals surface area contributed by atoms with Gasteiger partial charge in [0, 0.05) is 23.9 Å². The Morgan fingerprint density at radius 1 is 1.03 bits per heavy atom. The van der Waals surface area contributed by atoms with Gasteiger partial charge in [0.2, 0.25) is 5.78 Å². The lowest BCUT2D eigenvalue weighted by Crippen LogP contribution is -2.37. The van der Waals surface area contributed by atoms with Gasteiger partial charge in [0.05, 0.1) is 12.1 Å². The van der Waals surface area contributed by atoms with Crippen molar-refractivity contribution in [3.63, 3.8) is 0 Å². The molecule has 1 fully saturated rings. The number of benzene rings is 2. The Labute approximate surface area is 206 Å². The number of nitrogens with zero attached hydrogens (tertiary/aromatic N) is 1. The van der Waals surface area contributed by atoms with E-state index < -0.39 is 28.8 Å². The van der Waals surface area contributed by atoms with E-state index in [0.29, 0.717) is 5.56 Å². The second-order valence-corrected chi connectivity index (χ2v) is 8.94. The normalized spacial score (nSPS) is 14.1. The molecule has 2 N–H and O–H groups in total. The van der Waals surface area contributed by atoms with Crippen molar-refractivity contribution in [3.05, 3.63) is 111 Å². The van der Waals surface area contributed by atoms with Gasteiger partial charge < -0.3 is 15.0 Å². The lowest BCUT2D eigenvalue weighted by atomic mass is 10.0. The first-order valence-corrected chi connectivity index (χ1v) is 11.8. The number of aliphatic hydroxyl groups is 1. The van der Waals surface area contributed by atoms with Crippen LogP contribution in [-0.4, -0.2) is 27.4 Å². The number of ketones is 1. The largest absolute Gasteiger partial charge is 0.507 e. The molecule has 1 saturated carbocycles. The molecule has 0 radical (unpaired) electrons. The van der Waals surface area contributed by atoms with Gasteiger partial charge in [-0.2, -0.15) is 0 Å². The van der Waals surface area contributed by atoms with Crippen molar-refractivity contribution < 1.29 is 23.5 Å². The molecule has 1 heterocycles. The van der Waals surface area contributed by atoms with Crippen LogP contribution in [0.5, 0.6) is 0 Å². The third-order valence-electron chi connectivity index (χ3n) is 6.22. The minimum Gasteiger partial charge on any atom is -0.507 e. The van der Waals surface area contributed by atoms with Gasteiger partial charge in [-0.25, -0.2) is 8.78 Å². The van der Waals surface area contributed by atoms with Gasteiger partial charge in [-0.05, 0) is 54.7 Å². The minimum atomic E-state index is -0.969. The highest BCUT2D eigenvalue weighted by molar-refractivity contribution is 6.41. The summed E-state index contributed by atoms with van der Waals surface area (Å²) in [7, 11) is 0. The van der Waals surface area contributed by atoms with E-state index in [9.17, 15) is 28.3 Å². The lowest BCUT2D eigenvalue weighted by molar-refractivity contribution is -0.135. The van der Waals surface area contributed by atoms with Gasteiger partial charge in [0.25, 0.3) is 11.5 Å². The quantitative estimate of drug-likeness (QED) is 0.279. The van der Waals surface area contributed by atoms with Gasteiger partial charge in [0.1, 0.15) is 17.4 Å². The maximum Gasteiger partial charge on any atom is 0.292 e. The summed E-state index contributed by atoms with van der Waals surface area (Å²) < 4.78 is 28.8. The zero-order valence-electron chi connectivity index (χ0n) is 19.5. The number of rotatable bonds is 8. The fourth-order valence-electron chi connectivity index (χ4n) is 4.34. The summed E-state index contributed by atoms with van der Waals surface area (Å²) in [6, 6.07) is 13.1. The van der Waals surface area contributed by atoms with E-state index in [1.807, 2.05) is 0 Å². The number of pyridine rings is 1. The van der Waals surface area contributed by atoms with E-state index in [1.54, 1.807) is 24.3 Å². The Kier molecular flexibility index (Phi) is 7.73. The number of hydrogen-bond acceptors (Lipinski definition) is 4. The van der Waals surface area contributed by atoms with Gasteiger partial charge >= 0.3 is 0 Å². The van der Waals surface area contributed by atoms with Crippen LogP contribution in [-0.2, 0) is 22.6 Å². The average Bonchev–Trinajstić information content (AvgIpc) is 3.36. The molecule has 4 rings (SSSR count). The minimum absolute atomic E-state index is 0.0750. The van der Waals surface area contributed by atoms with E-state index in [2.05, 4.69) is 5.32 Å². The molecule has 8 heteroatoms.